The fourth-order valence-corrected chi connectivity index (χ4v) is 7.22. The van der Waals surface area contributed by atoms with Gasteiger partial charge in [0.05, 0.1) is 11.3 Å². The predicted octanol–water partition coefficient (Wildman–Crippen LogP) is 4.80. The van der Waals surface area contributed by atoms with Crippen molar-refractivity contribution in [1.29, 1.82) is 0 Å². The minimum atomic E-state index is -0.316. The summed E-state index contributed by atoms with van der Waals surface area (Å²) in [6.07, 6.45) is 9.24. The molecule has 0 unspecified atom stereocenters. The number of aromatic nitrogens is 2. The van der Waals surface area contributed by atoms with Crippen molar-refractivity contribution in [2.45, 2.75) is 57.3 Å². The summed E-state index contributed by atoms with van der Waals surface area (Å²) in [5.74, 6) is 3.42. The molecule has 5 nitrogen and oxygen atoms in total. The summed E-state index contributed by atoms with van der Waals surface area (Å²) < 4.78 is 19.1. The summed E-state index contributed by atoms with van der Waals surface area (Å²) in [5.41, 5.74) is 0.514. The SMILES string of the molecule is O=C(N1CCC[C@@H](c2nc(-c3cccc(F)c3)no2)C1)C12CC3CC(CC(C3)C1)C2. The lowest BCUT2D eigenvalue weighted by molar-refractivity contribution is -0.159. The predicted molar refractivity (Wildman–Crippen MR) is 109 cm³/mol. The number of carbonyl (C=O) groups excluding carboxylic acids is 1. The summed E-state index contributed by atoms with van der Waals surface area (Å²) in [5, 5.41) is 4.07. The van der Waals surface area contributed by atoms with E-state index >= 15 is 0 Å². The molecule has 0 spiro atoms. The van der Waals surface area contributed by atoms with Gasteiger partial charge < -0.3 is 9.42 Å². The van der Waals surface area contributed by atoms with Gasteiger partial charge in [0.15, 0.2) is 0 Å². The van der Waals surface area contributed by atoms with Crippen molar-refractivity contribution in [2.24, 2.45) is 23.2 Å². The average molecular weight is 410 g/mol. The van der Waals surface area contributed by atoms with Gasteiger partial charge in [-0.15, -0.1) is 0 Å². The first-order valence-corrected chi connectivity index (χ1v) is 11.5. The Balaban J connectivity index is 1.20. The van der Waals surface area contributed by atoms with Gasteiger partial charge in [0.2, 0.25) is 17.6 Å². The fourth-order valence-electron chi connectivity index (χ4n) is 7.22. The van der Waals surface area contributed by atoms with Gasteiger partial charge in [-0.2, -0.15) is 4.98 Å². The Morgan fingerprint density at radius 3 is 2.57 bits per heavy atom. The van der Waals surface area contributed by atoms with Crippen LogP contribution in [0.3, 0.4) is 0 Å². The van der Waals surface area contributed by atoms with Gasteiger partial charge in [-0.05, 0) is 81.3 Å². The van der Waals surface area contributed by atoms with Crippen LogP contribution >= 0.6 is 0 Å². The quantitative estimate of drug-likeness (QED) is 0.731. The maximum Gasteiger partial charge on any atom is 0.231 e. The molecule has 4 saturated carbocycles. The molecule has 2 aromatic rings. The Hall–Kier alpha value is -2.24. The molecule has 0 N–H and O–H groups in total. The minimum absolute atomic E-state index is 0.0615. The number of rotatable bonds is 3. The van der Waals surface area contributed by atoms with Crippen LogP contribution in [0.5, 0.6) is 0 Å². The molecule has 0 radical (unpaired) electrons. The maximum absolute atomic E-state index is 13.7. The van der Waals surface area contributed by atoms with Crippen LogP contribution in [0.1, 0.15) is 63.2 Å². The van der Waals surface area contributed by atoms with Crippen molar-refractivity contribution in [3.63, 3.8) is 0 Å². The van der Waals surface area contributed by atoms with Crippen molar-refractivity contribution >= 4 is 5.91 Å². The Labute approximate surface area is 176 Å². The second-order valence-electron chi connectivity index (χ2n) is 10.3. The average Bonchev–Trinajstić information content (AvgIpc) is 3.23. The fraction of sp³-hybridized carbons (Fsp3) is 0.625. The molecule has 30 heavy (non-hydrogen) atoms. The largest absolute Gasteiger partial charge is 0.341 e. The third-order valence-corrected chi connectivity index (χ3v) is 8.07. The molecule has 7 rings (SSSR count). The molecule has 1 amide bonds. The van der Waals surface area contributed by atoms with Gasteiger partial charge in [0.25, 0.3) is 0 Å². The number of likely N-dealkylation sites (tertiary alicyclic amines) is 1. The lowest BCUT2D eigenvalue weighted by Gasteiger charge is -2.57. The van der Waals surface area contributed by atoms with Gasteiger partial charge >= 0.3 is 0 Å². The molecular weight excluding hydrogens is 381 g/mol. The summed E-state index contributed by atoms with van der Waals surface area (Å²) in [4.78, 5) is 20.4. The highest BCUT2D eigenvalue weighted by atomic mass is 19.1. The zero-order valence-corrected chi connectivity index (χ0v) is 17.2. The molecule has 1 aromatic carbocycles. The van der Waals surface area contributed by atoms with Crippen LogP contribution in [-0.2, 0) is 4.79 Å². The summed E-state index contributed by atoms with van der Waals surface area (Å²) >= 11 is 0. The summed E-state index contributed by atoms with van der Waals surface area (Å²) in [6.45, 7) is 1.49. The van der Waals surface area contributed by atoms with E-state index in [1.54, 1.807) is 12.1 Å². The molecule has 1 atom stereocenters. The van der Waals surface area contributed by atoms with E-state index in [-0.39, 0.29) is 17.2 Å². The van der Waals surface area contributed by atoms with E-state index in [2.05, 4.69) is 15.0 Å². The van der Waals surface area contributed by atoms with Crippen LogP contribution in [-0.4, -0.2) is 34.0 Å². The van der Waals surface area contributed by atoms with E-state index in [0.717, 1.165) is 56.4 Å². The van der Waals surface area contributed by atoms with E-state index in [1.807, 2.05) is 0 Å². The second kappa shape index (κ2) is 6.89. The number of nitrogens with zero attached hydrogens (tertiary/aromatic N) is 3. The van der Waals surface area contributed by atoms with Crippen molar-refractivity contribution in [2.75, 3.05) is 13.1 Å². The number of amides is 1. The normalized spacial score (nSPS) is 35.0. The minimum Gasteiger partial charge on any atom is -0.341 e. The Morgan fingerprint density at radius 1 is 1.13 bits per heavy atom. The van der Waals surface area contributed by atoms with E-state index < -0.39 is 0 Å². The third kappa shape index (κ3) is 3.07. The molecule has 1 saturated heterocycles. The molecule has 1 aromatic heterocycles. The first kappa shape index (κ1) is 18.5. The topological polar surface area (TPSA) is 59.2 Å². The van der Waals surface area contributed by atoms with Crippen LogP contribution in [0.2, 0.25) is 0 Å². The van der Waals surface area contributed by atoms with Crippen LogP contribution in [0.15, 0.2) is 28.8 Å². The lowest BCUT2D eigenvalue weighted by Crippen LogP contribution is -2.55. The molecule has 4 bridgehead atoms. The Bertz CT molecular complexity index is 936. The molecule has 6 heteroatoms. The Morgan fingerprint density at radius 2 is 1.87 bits per heavy atom. The van der Waals surface area contributed by atoms with Crippen LogP contribution < -0.4 is 0 Å². The van der Waals surface area contributed by atoms with Crippen LogP contribution in [0.25, 0.3) is 11.4 Å². The molecule has 4 aliphatic carbocycles. The molecule has 5 fully saturated rings. The first-order valence-electron chi connectivity index (χ1n) is 11.5. The highest BCUT2D eigenvalue weighted by Gasteiger charge is 2.55. The zero-order valence-electron chi connectivity index (χ0n) is 17.2. The molecule has 5 aliphatic rings. The maximum atomic E-state index is 13.7. The highest BCUT2D eigenvalue weighted by Crippen LogP contribution is 2.60. The number of piperidine rings is 1. The molecule has 2 heterocycles. The lowest BCUT2D eigenvalue weighted by atomic mass is 9.49. The van der Waals surface area contributed by atoms with E-state index in [9.17, 15) is 9.18 Å². The number of hydrogen-bond acceptors (Lipinski definition) is 4. The number of carbonyl (C=O) groups is 1. The van der Waals surface area contributed by atoms with Gasteiger partial charge in [-0.25, -0.2) is 4.39 Å². The van der Waals surface area contributed by atoms with Crippen molar-refractivity contribution in [3.05, 3.63) is 36.0 Å². The smallest absolute Gasteiger partial charge is 0.231 e. The van der Waals surface area contributed by atoms with E-state index in [4.69, 9.17) is 4.52 Å². The summed E-state index contributed by atoms with van der Waals surface area (Å²) in [7, 11) is 0. The van der Waals surface area contributed by atoms with E-state index in [0.29, 0.717) is 29.7 Å². The van der Waals surface area contributed by atoms with Crippen molar-refractivity contribution in [1.82, 2.24) is 15.0 Å². The summed E-state index contributed by atoms with van der Waals surface area (Å²) in [6, 6.07) is 6.24. The first-order chi connectivity index (χ1) is 14.6. The Kier molecular flexibility index (Phi) is 4.26. The monoisotopic (exact) mass is 409 g/mol. The van der Waals surface area contributed by atoms with Crippen LogP contribution in [0.4, 0.5) is 4.39 Å². The van der Waals surface area contributed by atoms with Gasteiger partial charge in [0.1, 0.15) is 5.82 Å². The number of hydrogen-bond donors (Lipinski definition) is 0. The van der Waals surface area contributed by atoms with E-state index in [1.165, 1.54) is 31.4 Å². The second-order valence-corrected chi connectivity index (χ2v) is 10.3. The number of halogens is 1. The van der Waals surface area contributed by atoms with Crippen molar-refractivity contribution in [3.8, 4) is 11.4 Å². The van der Waals surface area contributed by atoms with Crippen molar-refractivity contribution < 1.29 is 13.7 Å². The molecule has 158 valence electrons. The van der Waals surface area contributed by atoms with Gasteiger partial charge in [-0.1, -0.05) is 17.3 Å². The zero-order chi connectivity index (χ0) is 20.3. The third-order valence-electron chi connectivity index (χ3n) is 8.07. The highest BCUT2D eigenvalue weighted by molar-refractivity contribution is 5.83. The standard InChI is InChI=1S/C24H28FN3O2/c25-20-5-1-3-18(10-20)21-26-22(30-27-21)19-4-2-6-28(14-19)23(29)24-11-15-7-16(12-24)9-17(8-15)13-24/h1,3,5,10,15-17,19H,2,4,6-9,11-14H2/t15?,16?,17?,19-,24?/m1/s1. The van der Waals surface area contributed by atoms with Gasteiger partial charge in [0, 0.05) is 18.7 Å². The molecular formula is C24H28FN3O2. The number of benzene rings is 1. The molecule has 1 aliphatic heterocycles. The van der Waals surface area contributed by atoms with Gasteiger partial charge in [-0.3, -0.25) is 4.79 Å². The van der Waals surface area contributed by atoms with Crippen LogP contribution in [0, 0.1) is 29.0 Å².